The molecule has 0 unspecified atom stereocenters. The first-order valence-corrected chi connectivity index (χ1v) is 7.00. The van der Waals surface area contributed by atoms with E-state index in [2.05, 4.69) is 13.0 Å². The topological polar surface area (TPSA) is 35.5 Å². The molecule has 1 aromatic carbocycles. The van der Waals surface area contributed by atoms with Gasteiger partial charge in [-0.1, -0.05) is 0 Å². The molecule has 0 N–H and O–H groups in total. The number of allylic oxidation sites excluding steroid dienone is 1. The van der Waals surface area contributed by atoms with Crippen molar-refractivity contribution in [1.29, 1.82) is 0 Å². The van der Waals surface area contributed by atoms with Gasteiger partial charge in [0.25, 0.3) is 0 Å². The second kappa shape index (κ2) is 5.31. The van der Waals surface area contributed by atoms with Crippen molar-refractivity contribution < 1.29 is 14.3 Å². The van der Waals surface area contributed by atoms with Crippen LogP contribution < -0.4 is 9.47 Å². The fourth-order valence-corrected chi connectivity index (χ4v) is 2.61. The van der Waals surface area contributed by atoms with Crippen molar-refractivity contribution in [1.82, 2.24) is 0 Å². The number of rotatable bonds is 4. The SMILES string of the molecule is CCOc1cc2c(cc1CC(C)=O)C(C)=CC(C)(C)O2. The zero-order valence-electron chi connectivity index (χ0n) is 12.9. The number of Topliss-reactive ketones (excluding diaryl/α,β-unsaturated/α-hetero) is 1. The molecule has 1 aliphatic rings. The predicted octanol–water partition coefficient (Wildman–Crippen LogP) is 3.79. The maximum atomic E-state index is 11.4. The minimum atomic E-state index is -0.317. The smallest absolute Gasteiger partial charge is 0.134 e. The first-order valence-electron chi connectivity index (χ1n) is 7.00. The molecule has 0 spiro atoms. The first-order chi connectivity index (χ1) is 9.32. The van der Waals surface area contributed by atoms with E-state index >= 15 is 0 Å². The standard InChI is InChI=1S/C17H22O3/c1-6-19-15-9-16-14(8-13(15)7-12(3)18)11(2)10-17(4,5)20-16/h8-10H,6-7H2,1-5H3. The van der Waals surface area contributed by atoms with Crippen LogP contribution in [-0.4, -0.2) is 18.0 Å². The number of carbonyl (C=O) groups is 1. The maximum Gasteiger partial charge on any atom is 0.134 e. The molecular weight excluding hydrogens is 252 g/mol. The highest BCUT2D eigenvalue weighted by molar-refractivity contribution is 5.81. The Bertz CT molecular complexity index is 568. The lowest BCUT2D eigenvalue weighted by Crippen LogP contribution is -2.28. The molecule has 0 saturated carbocycles. The summed E-state index contributed by atoms with van der Waals surface area (Å²) in [6.45, 7) is 10.2. The number of carbonyl (C=O) groups excluding carboxylic acids is 1. The van der Waals surface area contributed by atoms with E-state index in [1.807, 2.05) is 32.9 Å². The van der Waals surface area contributed by atoms with E-state index in [4.69, 9.17) is 9.47 Å². The van der Waals surface area contributed by atoms with Crippen LogP contribution in [0.25, 0.3) is 5.57 Å². The van der Waals surface area contributed by atoms with E-state index < -0.39 is 0 Å². The van der Waals surface area contributed by atoms with E-state index in [0.29, 0.717) is 13.0 Å². The fourth-order valence-electron chi connectivity index (χ4n) is 2.61. The number of ether oxygens (including phenoxy) is 2. The van der Waals surface area contributed by atoms with Gasteiger partial charge in [0, 0.05) is 23.6 Å². The van der Waals surface area contributed by atoms with Gasteiger partial charge in [0.15, 0.2) is 0 Å². The second-order valence-electron chi connectivity index (χ2n) is 5.80. The Hall–Kier alpha value is -1.77. The van der Waals surface area contributed by atoms with Crippen LogP contribution in [0.3, 0.4) is 0 Å². The maximum absolute atomic E-state index is 11.4. The number of hydrogen-bond donors (Lipinski definition) is 0. The third kappa shape index (κ3) is 3.03. The summed E-state index contributed by atoms with van der Waals surface area (Å²) in [6, 6.07) is 3.93. The Labute approximate surface area is 120 Å². The normalized spacial score (nSPS) is 15.9. The van der Waals surface area contributed by atoms with Crippen LogP contribution in [0.5, 0.6) is 11.5 Å². The summed E-state index contributed by atoms with van der Waals surface area (Å²) in [5.41, 5.74) is 2.82. The molecule has 2 rings (SSSR count). The molecular formula is C17H22O3. The molecule has 0 amide bonds. The molecule has 1 aromatic rings. The zero-order chi connectivity index (χ0) is 14.9. The van der Waals surface area contributed by atoms with E-state index in [-0.39, 0.29) is 11.4 Å². The third-order valence-corrected chi connectivity index (χ3v) is 3.26. The van der Waals surface area contributed by atoms with E-state index in [1.54, 1.807) is 6.92 Å². The average molecular weight is 274 g/mol. The first kappa shape index (κ1) is 14.6. The molecule has 20 heavy (non-hydrogen) atoms. The Morgan fingerprint density at radius 3 is 2.65 bits per heavy atom. The van der Waals surface area contributed by atoms with Crippen molar-refractivity contribution in [2.75, 3.05) is 6.61 Å². The number of ketones is 1. The van der Waals surface area contributed by atoms with Gasteiger partial charge in [-0.15, -0.1) is 0 Å². The molecule has 0 radical (unpaired) electrons. The van der Waals surface area contributed by atoms with Crippen LogP contribution in [0.4, 0.5) is 0 Å². The van der Waals surface area contributed by atoms with Crippen LogP contribution in [0.15, 0.2) is 18.2 Å². The second-order valence-corrected chi connectivity index (χ2v) is 5.80. The van der Waals surface area contributed by atoms with Crippen LogP contribution in [0.2, 0.25) is 0 Å². The lowest BCUT2D eigenvalue weighted by molar-refractivity contribution is -0.116. The largest absolute Gasteiger partial charge is 0.493 e. The fraction of sp³-hybridized carbons (Fsp3) is 0.471. The highest BCUT2D eigenvalue weighted by Crippen LogP contribution is 2.40. The molecule has 0 saturated heterocycles. The van der Waals surface area contributed by atoms with Crippen molar-refractivity contribution in [2.45, 2.75) is 46.6 Å². The summed E-state index contributed by atoms with van der Waals surface area (Å²) in [7, 11) is 0. The molecule has 0 aliphatic carbocycles. The number of fused-ring (bicyclic) bond motifs is 1. The van der Waals surface area contributed by atoms with Crippen molar-refractivity contribution in [3.63, 3.8) is 0 Å². The van der Waals surface area contributed by atoms with Crippen LogP contribution >= 0.6 is 0 Å². The lowest BCUT2D eigenvalue weighted by Gasteiger charge is -2.31. The molecule has 1 heterocycles. The molecule has 1 aliphatic heterocycles. The van der Waals surface area contributed by atoms with Gasteiger partial charge < -0.3 is 9.47 Å². The van der Waals surface area contributed by atoms with Crippen molar-refractivity contribution in [3.05, 3.63) is 29.3 Å². The Kier molecular flexibility index (Phi) is 3.89. The monoisotopic (exact) mass is 274 g/mol. The van der Waals surface area contributed by atoms with Crippen molar-refractivity contribution in [2.24, 2.45) is 0 Å². The van der Waals surface area contributed by atoms with Crippen LogP contribution in [0.1, 0.15) is 45.7 Å². The van der Waals surface area contributed by atoms with Crippen molar-refractivity contribution in [3.8, 4) is 11.5 Å². The summed E-state index contributed by atoms with van der Waals surface area (Å²) in [5, 5.41) is 0. The molecule has 0 bridgehead atoms. The van der Waals surface area contributed by atoms with Gasteiger partial charge in [0.2, 0.25) is 0 Å². The summed E-state index contributed by atoms with van der Waals surface area (Å²) in [6.07, 6.45) is 2.49. The molecule has 0 fully saturated rings. The third-order valence-electron chi connectivity index (χ3n) is 3.26. The Morgan fingerprint density at radius 2 is 2.05 bits per heavy atom. The molecule has 0 atom stereocenters. The van der Waals surface area contributed by atoms with Crippen molar-refractivity contribution >= 4 is 11.4 Å². The molecule has 108 valence electrons. The Balaban J connectivity index is 2.52. The minimum Gasteiger partial charge on any atom is -0.493 e. The van der Waals surface area contributed by atoms with Gasteiger partial charge in [-0.2, -0.15) is 0 Å². The highest BCUT2D eigenvalue weighted by Gasteiger charge is 2.26. The molecule has 3 nitrogen and oxygen atoms in total. The van der Waals surface area contributed by atoms with E-state index in [9.17, 15) is 4.79 Å². The van der Waals surface area contributed by atoms with Gasteiger partial charge in [-0.05, 0) is 52.3 Å². The van der Waals surface area contributed by atoms with Gasteiger partial charge >= 0.3 is 0 Å². The number of hydrogen-bond acceptors (Lipinski definition) is 3. The summed E-state index contributed by atoms with van der Waals surface area (Å²) < 4.78 is 11.7. The van der Waals surface area contributed by atoms with Gasteiger partial charge in [0.05, 0.1) is 6.61 Å². The van der Waals surface area contributed by atoms with E-state index in [0.717, 1.165) is 22.6 Å². The molecule has 3 heteroatoms. The summed E-state index contributed by atoms with van der Waals surface area (Å²) in [5.74, 6) is 1.70. The van der Waals surface area contributed by atoms with Gasteiger partial charge in [0.1, 0.15) is 22.9 Å². The van der Waals surface area contributed by atoms with Crippen LogP contribution in [0, 0.1) is 0 Å². The van der Waals surface area contributed by atoms with Gasteiger partial charge in [-0.25, -0.2) is 0 Å². The quantitative estimate of drug-likeness (QED) is 0.838. The zero-order valence-corrected chi connectivity index (χ0v) is 12.9. The van der Waals surface area contributed by atoms with Gasteiger partial charge in [-0.3, -0.25) is 4.79 Å². The average Bonchev–Trinajstić information content (AvgIpc) is 2.29. The lowest BCUT2D eigenvalue weighted by atomic mass is 9.93. The predicted molar refractivity (Wildman–Crippen MR) is 80.4 cm³/mol. The number of benzene rings is 1. The summed E-state index contributed by atoms with van der Waals surface area (Å²) >= 11 is 0. The van der Waals surface area contributed by atoms with Crippen LogP contribution in [-0.2, 0) is 11.2 Å². The summed E-state index contributed by atoms with van der Waals surface area (Å²) in [4.78, 5) is 11.4. The Morgan fingerprint density at radius 1 is 1.35 bits per heavy atom. The van der Waals surface area contributed by atoms with E-state index in [1.165, 1.54) is 5.57 Å². The minimum absolute atomic E-state index is 0.129. The highest BCUT2D eigenvalue weighted by atomic mass is 16.5. The molecule has 0 aromatic heterocycles.